The Morgan fingerprint density at radius 1 is 1.38 bits per heavy atom. The molecule has 0 atom stereocenters. The quantitative estimate of drug-likeness (QED) is 0.620. The fourth-order valence-corrected chi connectivity index (χ4v) is 1.60. The minimum Gasteiger partial charge on any atom is -0.345 e. The number of hydrogen-bond donors (Lipinski definition) is 1. The van der Waals surface area contributed by atoms with Crippen LogP contribution in [0.15, 0.2) is 12.1 Å². The van der Waals surface area contributed by atoms with Crippen molar-refractivity contribution in [3.8, 4) is 11.8 Å². The molecule has 0 aromatic heterocycles. The largest absolute Gasteiger partial charge is 0.345 e. The lowest BCUT2D eigenvalue weighted by atomic mass is 10.2. The monoisotopic (exact) mass is 275 g/mol. The van der Waals surface area contributed by atoms with Crippen molar-refractivity contribution in [1.82, 2.24) is 5.32 Å². The molecule has 0 aliphatic rings. The van der Waals surface area contributed by atoms with E-state index in [2.05, 4.69) is 17.2 Å². The molecule has 2 nitrogen and oxygen atoms in total. The van der Waals surface area contributed by atoms with Gasteiger partial charge in [0.2, 0.25) is 5.91 Å². The van der Waals surface area contributed by atoms with Crippen LogP contribution in [0, 0.1) is 11.8 Å². The molecule has 0 aliphatic carbocycles. The molecule has 0 unspecified atom stereocenters. The van der Waals surface area contributed by atoms with Crippen LogP contribution >= 0.6 is 34.8 Å². The molecule has 0 radical (unpaired) electrons. The van der Waals surface area contributed by atoms with Crippen molar-refractivity contribution in [3.63, 3.8) is 0 Å². The summed E-state index contributed by atoms with van der Waals surface area (Å²) < 4.78 is 0. The molecular formula is C11H8Cl3NO. The van der Waals surface area contributed by atoms with E-state index >= 15 is 0 Å². The lowest BCUT2D eigenvalue weighted by Crippen LogP contribution is -2.19. The summed E-state index contributed by atoms with van der Waals surface area (Å²) in [6.07, 6.45) is 0. The number of carbonyl (C=O) groups excluding carboxylic acids is 1. The Bertz CT molecular complexity index is 474. The first-order valence-corrected chi connectivity index (χ1v) is 5.52. The molecule has 0 aliphatic heterocycles. The van der Waals surface area contributed by atoms with E-state index in [1.807, 2.05) is 0 Å². The number of nitrogens with one attached hydrogen (secondary N) is 1. The van der Waals surface area contributed by atoms with E-state index in [0.29, 0.717) is 20.6 Å². The van der Waals surface area contributed by atoms with Crippen LogP contribution in [0.1, 0.15) is 12.5 Å². The van der Waals surface area contributed by atoms with Crippen molar-refractivity contribution in [3.05, 3.63) is 32.8 Å². The van der Waals surface area contributed by atoms with E-state index in [9.17, 15) is 4.79 Å². The number of carbonyl (C=O) groups is 1. The molecule has 0 bridgehead atoms. The third kappa shape index (κ3) is 3.94. The normalized spacial score (nSPS) is 9.25. The van der Waals surface area contributed by atoms with Crippen LogP contribution in [0.3, 0.4) is 0 Å². The second kappa shape index (κ2) is 6.00. The van der Waals surface area contributed by atoms with Crippen molar-refractivity contribution in [2.45, 2.75) is 6.92 Å². The summed E-state index contributed by atoms with van der Waals surface area (Å²) in [4.78, 5) is 10.6. The van der Waals surface area contributed by atoms with Crippen LogP contribution < -0.4 is 5.32 Å². The molecule has 0 saturated carbocycles. The van der Waals surface area contributed by atoms with E-state index in [4.69, 9.17) is 34.8 Å². The van der Waals surface area contributed by atoms with Gasteiger partial charge in [-0.25, -0.2) is 0 Å². The van der Waals surface area contributed by atoms with E-state index in [0.717, 1.165) is 0 Å². The second-order valence-electron chi connectivity index (χ2n) is 2.96. The second-order valence-corrected chi connectivity index (χ2v) is 4.18. The van der Waals surface area contributed by atoms with Crippen LogP contribution in [0.25, 0.3) is 0 Å². The maximum Gasteiger partial charge on any atom is 0.217 e. The molecule has 0 heterocycles. The first-order chi connectivity index (χ1) is 7.50. The van der Waals surface area contributed by atoms with Gasteiger partial charge in [-0.15, -0.1) is 0 Å². The lowest BCUT2D eigenvalue weighted by Gasteiger charge is -2.00. The molecule has 1 amide bonds. The Morgan fingerprint density at radius 3 is 2.69 bits per heavy atom. The molecule has 16 heavy (non-hydrogen) atoms. The standard InChI is InChI=1S/C11H8Cl3NO/c1-7(16)15-4-2-3-8-5-9(12)6-10(13)11(8)14/h5-6H,4H2,1H3,(H,15,16). The minimum atomic E-state index is -0.135. The molecule has 0 fully saturated rings. The number of benzene rings is 1. The lowest BCUT2D eigenvalue weighted by molar-refractivity contribution is -0.118. The number of hydrogen-bond acceptors (Lipinski definition) is 1. The van der Waals surface area contributed by atoms with Gasteiger partial charge < -0.3 is 5.32 Å². The summed E-state index contributed by atoms with van der Waals surface area (Å²) in [7, 11) is 0. The molecule has 1 rings (SSSR count). The van der Waals surface area contributed by atoms with Gasteiger partial charge in [-0.2, -0.15) is 0 Å². The van der Waals surface area contributed by atoms with Crippen molar-refractivity contribution < 1.29 is 4.79 Å². The van der Waals surface area contributed by atoms with E-state index in [-0.39, 0.29) is 12.5 Å². The minimum absolute atomic E-state index is 0.135. The summed E-state index contributed by atoms with van der Waals surface area (Å²) in [5.74, 6) is 5.39. The average molecular weight is 277 g/mol. The molecule has 84 valence electrons. The van der Waals surface area contributed by atoms with Gasteiger partial charge in [0.1, 0.15) is 0 Å². The highest BCUT2D eigenvalue weighted by Gasteiger charge is 2.04. The summed E-state index contributed by atoms with van der Waals surface area (Å²) in [5, 5.41) is 3.74. The Kier molecular flexibility index (Phi) is 4.95. The number of rotatable bonds is 1. The molecule has 5 heteroatoms. The Labute approximate surface area is 109 Å². The van der Waals surface area contributed by atoms with Gasteiger partial charge in [-0.05, 0) is 12.1 Å². The zero-order valence-corrected chi connectivity index (χ0v) is 10.7. The number of amides is 1. The Hall–Kier alpha value is -0.880. The van der Waals surface area contributed by atoms with Crippen LogP contribution in [0.2, 0.25) is 15.1 Å². The zero-order chi connectivity index (χ0) is 12.1. The van der Waals surface area contributed by atoms with Crippen LogP contribution in [0.4, 0.5) is 0 Å². The first kappa shape index (κ1) is 13.2. The fraction of sp³-hybridized carbons (Fsp3) is 0.182. The van der Waals surface area contributed by atoms with Crippen molar-refractivity contribution in [2.75, 3.05) is 6.54 Å². The SMILES string of the molecule is CC(=O)NCC#Cc1cc(Cl)cc(Cl)c1Cl. The van der Waals surface area contributed by atoms with Gasteiger partial charge >= 0.3 is 0 Å². The van der Waals surface area contributed by atoms with Crippen molar-refractivity contribution in [2.24, 2.45) is 0 Å². The van der Waals surface area contributed by atoms with Crippen LogP contribution in [0.5, 0.6) is 0 Å². The third-order valence-corrected chi connectivity index (χ3v) is 2.66. The summed E-state index contributed by atoms with van der Waals surface area (Å²) >= 11 is 17.6. The molecule has 1 N–H and O–H groups in total. The van der Waals surface area contributed by atoms with Gasteiger partial charge in [0.15, 0.2) is 0 Å². The van der Waals surface area contributed by atoms with Crippen LogP contribution in [-0.4, -0.2) is 12.5 Å². The predicted molar refractivity (Wildman–Crippen MR) is 67.0 cm³/mol. The predicted octanol–water partition coefficient (Wildman–Crippen LogP) is 3.13. The molecule has 0 spiro atoms. The first-order valence-electron chi connectivity index (χ1n) is 4.38. The fourth-order valence-electron chi connectivity index (χ4n) is 0.955. The molecule has 0 saturated heterocycles. The van der Waals surface area contributed by atoms with Gasteiger partial charge in [0, 0.05) is 17.5 Å². The summed E-state index contributed by atoms with van der Waals surface area (Å²) in [5.41, 5.74) is 0.546. The highest BCUT2D eigenvalue weighted by atomic mass is 35.5. The Morgan fingerprint density at radius 2 is 2.06 bits per heavy atom. The summed E-state index contributed by atoms with van der Waals surface area (Å²) in [6.45, 7) is 1.68. The maximum absolute atomic E-state index is 10.6. The third-order valence-electron chi connectivity index (χ3n) is 1.64. The van der Waals surface area contributed by atoms with Crippen LogP contribution in [-0.2, 0) is 4.79 Å². The van der Waals surface area contributed by atoms with Gasteiger partial charge in [-0.1, -0.05) is 46.6 Å². The van der Waals surface area contributed by atoms with E-state index in [1.54, 1.807) is 12.1 Å². The topological polar surface area (TPSA) is 29.1 Å². The summed E-state index contributed by atoms with van der Waals surface area (Å²) in [6, 6.07) is 3.17. The van der Waals surface area contributed by atoms with Gasteiger partial charge in [0.05, 0.1) is 16.6 Å². The molecular weight excluding hydrogens is 268 g/mol. The van der Waals surface area contributed by atoms with Crippen molar-refractivity contribution >= 4 is 40.7 Å². The maximum atomic E-state index is 10.6. The highest BCUT2D eigenvalue weighted by Crippen LogP contribution is 2.28. The Balaban J connectivity index is 2.84. The molecule has 1 aromatic carbocycles. The van der Waals surface area contributed by atoms with Crippen molar-refractivity contribution in [1.29, 1.82) is 0 Å². The molecule has 1 aromatic rings. The van der Waals surface area contributed by atoms with Gasteiger partial charge in [-0.3, -0.25) is 4.79 Å². The number of halogens is 3. The van der Waals surface area contributed by atoms with E-state index in [1.165, 1.54) is 6.92 Å². The highest BCUT2D eigenvalue weighted by molar-refractivity contribution is 6.43. The van der Waals surface area contributed by atoms with E-state index < -0.39 is 0 Å². The smallest absolute Gasteiger partial charge is 0.217 e. The van der Waals surface area contributed by atoms with Gasteiger partial charge in [0.25, 0.3) is 0 Å². The average Bonchev–Trinajstić information content (AvgIpc) is 2.19. The zero-order valence-electron chi connectivity index (χ0n) is 8.40.